The van der Waals surface area contributed by atoms with Crippen LogP contribution in [0.15, 0.2) is 18.5 Å². The van der Waals surface area contributed by atoms with Crippen LogP contribution in [0.25, 0.3) is 0 Å². The van der Waals surface area contributed by atoms with Crippen molar-refractivity contribution in [3.8, 4) is 0 Å². The fourth-order valence-corrected chi connectivity index (χ4v) is 2.40. The number of amides is 1. The summed E-state index contributed by atoms with van der Waals surface area (Å²) in [7, 11) is 0. The largest absolute Gasteiger partial charge is 0.343 e. The molecule has 1 aliphatic rings. The van der Waals surface area contributed by atoms with Gasteiger partial charge in [0.1, 0.15) is 0 Å². The van der Waals surface area contributed by atoms with Crippen molar-refractivity contribution in [3.63, 3.8) is 0 Å². The Morgan fingerprint density at radius 3 is 2.89 bits per heavy atom. The SMILES string of the molecule is Cc1ccncc1CNCCC(=O)N1CCCCC1. The number of carbonyl (C=O) groups excluding carboxylic acids is 1. The lowest BCUT2D eigenvalue weighted by Crippen LogP contribution is -2.37. The minimum absolute atomic E-state index is 0.287. The maximum absolute atomic E-state index is 11.9. The first-order chi connectivity index (χ1) is 9.27. The summed E-state index contributed by atoms with van der Waals surface area (Å²) in [6.45, 7) is 5.50. The summed E-state index contributed by atoms with van der Waals surface area (Å²) in [5.41, 5.74) is 2.44. The van der Waals surface area contributed by atoms with Gasteiger partial charge in [0, 0.05) is 45.0 Å². The highest BCUT2D eigenvalue weighted by atomic mass is 16.2. The number of nitrogens with one attached hydrogen (secondary N) is 1. The average Bonchev–Trinajstić information content (AvgIpc) is 2.46. The Labute approximate surface area is 115 Å². The van der Waals surface area contributed by atoms with E-state index in [9.17, 15) is 4.79 Å². The standard InChI is InChI=1S/C15H23N3O/c1-13-5-7-16-11-14(13)12-17-8-6-15(19)18-9-3-2-4-10-18/h5,7,11,17H,2-4,6,8-10,12H2,1H3. The van der Waals surface area contributed by atoms with Gasteiger partial charge < -0.3 is 10.2 Å². The summed E-state index contributed by atoms with van der Waals surface area (Å²) in [6.07, 6.45) is 7.87. The molecule has 2 heterocycles. The Bertz CT molecular complexity index is 414. The zero-order chi connectivity index (χ0) is 13.5. The first-order valence-corrected chi connectivity index (χ1v) is 7.15. The molecule has 0 spiro atoms. The van der Waals surface area contributed by atoms with Crippen LogP contribution in [0.3, 0.4) is 0 Å². The molecule has 1 aliphatic heterocycles. The van der Waals surface area contributed by atoms with Crippen LogP contribution in [-0.4, -0.2) is 35.4 Å². The van der Waals surface area contributed by atoms with Crippen LogP contribution >= 0.6 is 0 Å². The van der Waals surface area contributed by atoms with E-state index < -0.39 is 0 Å². The number of piperidine rings is 1. The van der Waals surface area contributed by atoms with Crippen molar-refractivity contribution < 1.29 is 4.79 Å². The van der Waals surface area contributed by atoms with Crippen LogP contribution in [0.5, 0.6) is 0 Å². The number of pyridine rings is 1. The van der Waals surface area contributed by atoms with Gasteiger partial charge in [-0.1, -0.05) is 0 Å². The van der Waals surface area contributed by atoms with Gasteiger partial charge >= 0.3 is 0 Å². The predicted octanol–water partition coefficient (Wildman–Crippen LogP) is 1.88. The quantitative estimate of drug-likeness (QED) is 0.823. The molecule has 2 rings (SSSR count). The Kier molecular flexibility index (Phi) is 5.33. The van der Waals surface area contributed by atoms with Crippen LogP contribution < -0.4 is 5.32 Å². The molecule has 1 amide bonds. The van der Waals surface area contributed by atoms with Gasteiger partial charge in [-0.2, -0.15) is 0 Å². The monoisotopic (exact) mass is 261 g/mol. The molecule has 1 N–H and O–H groups in total. The van der Waals surface area contributed by atoms with Crippen molar-refractivity contribution in [2.75, 3.05) is 19.6 Å². The molecule has 4 heteroatoms. The third-order valence-electron chi connectivity index (χ3n) is 3.69. The number of aryl methyl sites for hydroxylation is 1. The summed E-state index contributed by atoms with van der Waals surface area (Å²) < 4.78 is 0. The second-order valence-electron chi connectivity index (χ2n) is 5.17. The van der Waals surface area contributed by atoms with Crippen molar-refractivity contribution in [2.45, 2.75) is 39.2 Å². The second-order valence-corrected chi connectivity index (χ2v) is 5.17. The van der Waals surface area contributed by atoms with Crippen LogP contribution in [-0.2, 0) is 11.3 Å². The maximum Gasteiger partial charge on any atom is 0.223 e. The van der Waals surface area contributed by atoms with Gasteiger partial charge in [0.2, 0.25) is 5.91 Å². The normalized spacial score (nSPS) is 15.5. The number of nitrogens with zero attached hydrogens (tertiary/aromatic N) is 2. The number of aromatic nitrogens is 1. The Morgan fingerprint density at radius 2 is 2.16 bits per heavy atom. The number of hydrogen-bond donors (Lipinski definition) is 1. The lowest BCUT2D eigenvalue weighted by atomic mass is 10.1. The van der Waals surface area contributed by atoms with Crippen molar-refractivity contribution in [3.05, 3.63) is 29.6 Å². The van der Waals surface area contributed by atoms with Gasteiger partial charge in [-0.15, -0.1) is 0 Å². The molecular weight excluding hydrogens is 238 g/mol. The molecular formula is C15H23N3O. The van der Waals surface area contributed by atoms with E-state index in [4.69, 9.17) is 0 Å². The van der Waals surface area contributed by atoms with E-state index in [0.717, 1.165) is 39.0 Å². The summed E-state index contributed by atoms with van der Waals surface area (Å²) in [6, 6.07) is 2.01. The molecule has 4 nitrogen and oxygen atoms in total. The molecule has 0 aromatic carbocycles. The summed E-state index contributed by atoms with van der Waals surface area (Å²) in [5, 5.41) is 3.33. The maximum atomic E-state index is 11.9. The minimum atomic E-state index is 0.287. The Morgan fingerprint density at radius 1 is 1.37 bits per heavy atom. The minimum Gasteiger partial charge on any atom is -0.343 e. The van der Waals surface area contributed by atoms with Crippen molar-refractivity contribution in [1.82, 2.24) is 15.2 Å². The highest BCUT2D eigenvalue weighted by Crippen LogP contribution is 2.09. The topological polar surface area (TPSA) is 45.2 Å². The van der Waals surface area contributed by atoms with Crippen LogP contribution in [0.2, 0.25) is 0 Å². The molecule has 0 aliphatic carbocycles. The van der Waals surface area contributed by atoms with E-state index in [-0.39, 0.29) is 5.91 Å². The molecule has 104 valence electrons. The molecule has 0 radical (unpaired) electrons. The highest BCUT2D eigenvalue weighted by molar-refractivity contribution is 5.76. The molecule has 1 fully saturated rings. The second kappa shape index (κ2) is 7.24. The van der Waals surface area contributed by atoms with E-state index in [1.165, 1.54) is 17.5 Å². The van der Waals surface area contributed by atoms with Gasteiger partial charge in [0.25, 0.3) is 0 Å². The zero-order valence-corrected chi connectivity index (χ0v) is 11.7. The molecule has 1 aromatic heterocycles. The van der Waals surface area contributed by atoms with Crippen LogP contribution in [0.1, 0.15) is 36.8 Å². The molecule has 0 bridgehead atoms. The predicted molar refractivity (Wildman–Crippen MR) is 75.7 cm³/mol. The molecule has 1 aromatic rings. The Hall–Kier alpha value is -1.42. The third kappa shape index (κ3) is 4.31. The van der Waals surface area contributed by atoms with Crippen molar-refractivity contribution >= 4 is 5.91 Å². The third-order valence-corrected chi connectivity index (χ3v) is 3.69. The van der Waals surface area contributed by atoms with E-state index >= 15 is 0 Å². The first-order valence-electron chi connectivity index (χ1n) is 7.15. The molecule has 0 unspecified atom stereocenters. The summed E-state index contributed by atoms with van der Waals surface area (Å²) in [5.74, 6) is 0.287. The zero-order valence-electron chi connectivity index (χ0n) is 11.7. The molecule has 0 saturated carbocycles. The number of hydrogen-bond acceptors (Lipinski definition) is 3. The molecule has 1 saturated heterocycles. The van der Waals surface area contributed by atoms with Gasteiger partial charge in [0.05, 0.1) is 0 Å². The smallest absolute Gasteiger partial charge is 0.223 e. The average molecular weight is 261 g/mol. The summed E-state index contributed by atoms with van der Waals surface area (Å²) >= 11 is 0. The van der Waals surface area contributed by atoms with Crippen molar-refractivity contribution in [1.29, 1.82) is 0 Å². The molecule has 0 atom stereocenters. The Balaban J connectivity index is 1.66. The van der Waals surface area contributed by atoms with E-state index in [0.29, 0.717) is 6.42 Å². The first kappa shape index (κ1) is 14.0. The van der Waals surface area contributed by atoms with Gasteiger partial charge in [-0.3, -0.25) is 9.78 Å². The summed E-state index contributed by atoms with van der Waals surface area (Å²) in [4.78, 5) is 18.1. The lowest BCUT2D eigenvalue weighted by molar-refractivity contribution is -0.131. The molecule has 19 heavy (non-hydrogen) atoms. The van der Waals surface area contributed by atoms with E-state index in [1.807, 2.05) is 17.2 Å². The van der Waals surface area contributed by atoms with E-state index in [2.05, 4.69) is 17.2 Å². The van der Waals surface area contributed by atoms with Crippen LogP contribution in [0.4, 0.5) is 0 Å². The van der Waals surface area contributed by atoms with E-state index in [1.54, 1.807) is 6.20 Å². The van der Waals surface area contributed by atoms with Gasteiger partial charge in [0.15, 0.2) is 0 Å². The highest BCUT2D eigenvalue weighted by Gasteiger charge is 2.15. The fraction of sp³-hybridized carbons (Fsp3) is 0.600. The number of likely N-dealkylation sites (tertiary alicyclic amines) is 1. The van der Waals surface area contributed by atoms with Gasteiger partial charge in [-0.05, 0) is 43.4 Å². The number of carbonyl (C=O) groups is 1. The van der Waals surface area contributed by atoms with Gasteiger partial charge in [-0.25, -0.2) is 0 Å². The fourth-order valence-electron chi connectivity index (χ4n) is 2.40. The number of rotatable bonds is 5. The van der Waals surface area contributed by atoms with Crippen LogP contribution in [0, 0.1) is 6.92 Å². The van der Waals surface area contributed by atoms with Crippen molar-refractivity contribution in [2.24, 2.45) is 0 Å². The lowest BCUT2D eigenvalue weighted by Gasteiger charge is -2.26.